The van der Waals surface area contributed by atoms with Crippen LogP contribution in [-0.4, -0.2) is 44.5 Å². The van der Waals surface area contributed by atoms with Crippen molar-refractivity contribution in [1.82, 2.24) is 10.2 Å². The molecule has 7 nitrogen and oxygen atoms in total. The normalized spacial score (nSPS) is 16.0. The average molecular weight is 456 g/mol. The largest absolute Gasteiger partial charge is 0.349 e. The number of nitrogens with zero attached hydrogens (tertiary/aromatic N) is 1. The van der Waals surface area contributed by atoms with Gasteiger partial charge in [0.05, 0.1) is 12.3 Å². The molecule has 0 aromatic heterocycles. The Kier molecular flexibility index (Phi) is 7.69. The number of rotatable bonds is 7. The smallest absolute Gasteiger partial charge is 0.246 e. The molecule has 0 unspecified atom stereocenters. The minimum absolute atomic E-state index is 0.0252. The molecule has 0 spiro atoms. The topological polar surface area (TPSA) is 95.6 Å². The van der Waals surface area contributed by atoms with Crippen molar-refractivity contribution < 1.29 is 18.0 Å². The first-order chi connectivity index (χ1) is 15.2. The zero-order chi connectivity index (χ0) is 23.1. The summed E-state index contributed by atoms with van der Waals surface area (Å²) < 4.78 is 25.0. The molecule has 2 amide bonds. The number of likely N-dealkylation sites (tertiary alicyclic amines) is 1. The summed E-state index contributed by atoms with van der Waals surface area (Å²) in [5.74, 6) is -0.197. The third kappa shape index (κ3) is 6.95. The molecule has 170 valence electrons. The van der Waals surface area contributed by atoms with E-state index in [2.05, 4.69) is 10.0 Å². The number of amides is 2. The summed E-state index contributed by atoms with van der Waals surface area (Å²) >= 11 is 0. The third-order valence-electron chi connectivity index (χ3n) is 5.47. The molecule has 2 N–H and O–H groups in total. The summed E-state index contributed by atoms with van der Waals surface area (Å²) in [4.78, 5) is 26.9. The van der Waals surface area contributed by atoms with E-state index in [1.807, 2.05) is 37.3 Å². The number of benzene rings is 2. The Labute approximate surface area is 189 Å². The highest BCUT2D eigenvalue weighted by Gasteiger charge is 2.27. The van der Waals surface area contributed by atoms with Crippen LogP contribution in [0.25, 0.3) is 6.08 Å². The molecular weight excluding hydrogens is 426 g/mol. The predicted molar refractivity (Wildman–Crippen MR) is 126 cm³/mol. The van der Waals surface area contributed by atoms with Crippen LogP contribution in [0.3, 0.4) is 0 Å². The molecule has 8 heteroatoms. The number of hydrogen-bond donors (Lipinski definition) is 2. The number of carbonyl (C=O) groups is 2. The molecule has 1 atom stereocenters. The summed E-state index contributed by atoms with van der Waals surface area (Å²) in [5.41, 5.74) is 2.34. The Hall–Kier alpha value is -3.13. The molecule has 0 bridgehead atoms. The van der Waals surface area contributed by atoms with Crippen LogP contribution in [0.15, 0.2) is 60.7 Å². The summed E-state index contributed by atoms with van der Waals surface area (Å²) in [6, 6.07) is 16.4. The van der Waals surface area contributed by atoms with Gasteiger partial charge in [-0.05, 0) is 49.1 Å². The Morgan fingerprint density at radius 2 is 1.66 bits per heavy atom. The summed E-state index contributed by atoms with van der Waals surface area (Å²) in [6.07, 6.45) is 5.74. The van der Waals surface area contributed by atoms with Crippen LogP contribution in [0.2, 0.25) is 0 Å². The quantitative estimate of drug-likeness (QED) is 0.627. The van der Waals surface area contributed by atoms with E-state index in [9.17, 15) is 18.0 Å². The zero-order valence-corrected chi connectivity index (χ0v) is 19.1. The Morgan fingerprint density at radius 1 is 1.03 bits per heavy atom. The van der Waals surface area contributed by atoms with Crippen LogP contribution in [0, 0.1) is 5.92 Å². The maximum atomic E-state index is 12.7. The molecule has 1 aliphatic heterocycles. The first-order valence-electron chi connectivity index (χ1n) is 10.6. The first kappa shape index (κ1) is 23.5. The zero-order valence-electron chi connectivity index (χ0n) is 18.3. The van der Waals surface area contributed by atoms with E-state index in [1.54, 1.807) is 41.3 Å². The number of nitrogens with one attached hydrogen (secondary N) is 2. The fraction of sp³-hybridized carbons (Fsp3) is 0.333. The van der Waals surface area contributed by atoms with E-state index in [1.165, 1.54) is 0 Å². The van der Waals surface area contributed by atoms with Gasteiger partial charge in [-0.1, -0.05) is 42.5 Å². The summed E-state index contributed by atoms with van der Waals surface area (Å²) in [7, 11) is -3.32. The fourth-order valence-corrected chi connectivity index (χ4v) is 4.23. The lowest BCUT2D eigenvalue weighted by atomic mass is 9.95. The fourth-order valence-electron chi connectivity index (χ4n) is 3.67. The maximum Gasteiger partial charge on any atom is 0.246 e. The molecular formula is C24H29N3O4S. The number of hydrogen-bond acceptors (Lipinski definition) is 4. The van der Waals surface area contributed by atoms with Gasteiger partial charge >= 0.3 is 0 Å². The molecule has 3 rings (SSSR count). The SMILES string of the molecule is C[C@@H](NC(=O)C1CCN(C(=O)/C=C/c2ccccc2)CC1)c1ccc(NS(C)(=O)=O)cc1. The minimum Gasteiger partial charge on any atom is -0.349 e. The van der Waals surface area contributed by atoms with Gasteiger partial charge in [0.15, 0.2) is 0 Å². The molecule has 2 aromatic carbocycles. The third-order valence-corrected chi connectivity index (χ3v) is 6.07. The van der Waals surface area contributed by atoms with Crippen molar-refractivity contribution in [3.8, 4) is 0 Å². The molecule has 1 aliphatic rings. The second-order valence-electron chi connectivity index (χ2n) is 8.07. The lowest BCUT2D eigenvalue weighted by Crippen LogP contribution is -2.43. The second-order valence-corrected chi connectivity index (χ2v) is 9.82. The highest BCUT2D eigenvalue weighted by atomic mass is 32.2. The minimum atomic E-state index is -3.32. The van der Waals surface area contributed by atoms with E-state index < -0.39 is 10.0 Å². The van der Waals surface area contributed by atoms with E-state index in [-0.39, 0.29) is 23.8 Å². The van der Waals surface area contributed by atoms with Gasteiger partial charge in [0.2, 0.25) is 21.8 Å². The van der Waals surface area contributed by atoms with Gasteiger partial charge in [0, 0.05) is 30.8 Å². The lowest BCUT2D eigenvalue weighted by Gasteiger charge is -2.31. The molecule has 2 aromatic rings. The van der Waals surface area contributed by atoms with Crippen LogP contribution in [0.5, 0.6) is 0 Å². The molecule has 1 heterocycles. The van der Waals surface area contributed by atoms with Crippen molar-refractivity contribution in [2.75, 3.05) is 24.1 Å². The molecule has 1 fully saturated rings. The van der Waals surface area contributed by atoms with Crippen molar-refractivity contribution in [2.45, 2.75) is 25.8 Å². The predicted octanol–water partition coefficient (Wildman–Crippen LogP) is 3.19. The van der Waals surface area contributed by atoms with Crippen molar-refractivity contribution >= 4 is 33.6 Å². The highest BCUT2D eigenvalue weighted by molar-refractivity contribution is 7.92. The lowest BCUT2D eigenvalue weighted by molar-refractivity contribution is -0.132. The second kappa shape index (κ2) is 10.5. The summed E-state index contributed by atoms with van der Waals surface area (Å²) in [6.45, 7) is 3.00. The van der Waals surface area contributed by atoms with E-state index in [0.29, 0.717) is 31.6 Å². The standard InChI is InChI=1S/C24H29N3O4S/c1-18(20-9-11-22(12-10-20)26-32(2,30)31)25-24(29)21-14-16-27(17-15-21)23(28)13-8-19-6-4-3-5-7-19/h3-13,18,21,26H,14-17H2,1-2H3,(H,25,29)/b13-8+/t18-/m1/s1. The van der Waals surface area contributed by atoms with Gasteiger partial charge in [-0.25, -0.2) is 8.42 Å². The van der Waals surface area contributed by atoms with Crippen molar-refractivity contribution in [2.24, 2.45) is 5.92 Å². The van der Waals surface area contributed by atoms with Gasteiger partial charge in [-0.15, -0.1) is 0 Å². The van der Waals surface area contributed by atoms with Crippen molar-refractivity contribution in [3.05, 3.63) is 71.8 Å². The first-order valence-corrected chi connectivity index (χ1v) is 12.5. The molecule has 32 heavy (non-hydrogen) atoms. The average Bonchev–Trinajstić information content (AvgIpc) is 2.77. The van der Waals surface area contributed by atoms with E-state index in [0.717, 1.165) is 17.4 Å². The molecule has 0 aliphatic carbocycles. The number of sulfonamides is 1. The van der Waals surface area contributed by atoms with Crippen LogP contribution < -0.4 is 10.0 Å². The van der Waals surface area contributed by atoms with Crippen LogP contribution in [0.4, 0.5) is 5.69 Å². The van der Waals surface area contributed by atoms with Crippen molar-refractivity contribution in [3.63, 3.8) is 0 Å². The van der Waals surface area contributed by atoms with Crippen molar-refractivity contribution in [1.29, 1.82) is 0 Å². The van der Waals surface area contributed by atoms with Crippen LogP contribution >= 0.6 is 0 Å². The van der Waals surface area contributed by atoms with Gasteiger partial charge in [0.25, 0.3) is 0 Å². The van der Waals surface area contributed by atoms with E-state index in [4.69, 9.17) is 0 Å². The number of piperidine rings is 1. The van der Waals surface area contributed by atoms with Gasteiger partial charge in [-0.3, -0.25) is 14.3 Å². The highest BCUT2D eigenvalue weighted by Crippen LogP contribution is 2.21. The van der Waals surface area contributed by atoms with Gasteiger partial charge < -0.3 is 10.2 Å². The Bertz CT molecular complexity index is 1060. The maximum absolute atomic E-state index is 12.7. The summed E-state index contributed by atoms with van der Waals surface area (Å²) in [5, 5.41) is 3.03. The van der Waals surface area contributed by atoms with Crippen LogP contribution in [0.1, 0.15) is 36.9 Å². The molecule has 0 radical (unpaired) electrons. The Morgan fingerprint density at radius 3 is 2.25 bits per heavy atom. The van der Waals surface area contributed by atoms with Crippen LogP contribution in [-0.2, 0) is 19.6 Å². The number of carbonyl (C=O) groups excluding carboxylic acids is 2. The van der Waals surface area contributed by atoms with E-state index >= 15 is 0 Å². The van der Waals surface area contributed by atoms with Gasteiger partial charge in [0.1, 0.15) is 0 Å². The van der Waals surface area contributed by atoms with Gasteiger partial charge in [-0.2, -0.15) is 0 Å². The Balaban J connectivity index is 1.47. The number of anilines is 1. The molecule has 1 saturated heterocycles. The molecule has 0 saturated carbocycles. The monoisotopic (exact) mass is 455 g/mol.